The summed E-state index contributed by atoms with van der Waals surface area (Å²) in [7, 11) is 0. The maximum atomic E-state index is 5.94. The van der Waals surface area contributed by atoms with Gasteiger partial charge < -0.3 is 9.47 Å². The molecule has 4 aromatic rings. The fraction of sp³-hybridized carbons (Fsp3) is 0.269. The Bertz CT molecular complexity index is 1170. The summed E-state index contributed by atoms with van der Waals surface area (Å²) in [6, 6.07) is 21.0. The lowest BCUT2D eigenvalue weighted by atomic mass is 9.98. The third-order valence-electron chi connectivity index (χ3n) is 5.67. The van der Waals surface area contributed by atoms with E-state index in [1.807, 2.05) is 24.4 Å². The number of nitrogens with zero attached hydrogens (tertiary/aromatic N) is 4. The van der Waals surface area contributed by atoms with E-state index in [0.717, 1.165) is 50.5 Å². The lowest BCUT2D eigenvalue weighted by molar-refractivity contribution is 0.121. The molecule has 2 aromatic carbocycles. The molecular weight excluding hydrogens is 400 g/mol. The molecule has 0 saturated carbocycles. The van der Waals surface area contributed by atoms with Gasteiger partial charge in [0.25, 0.3) is 0 Å². The molecule has 1 unspecified atom stereocenters. The first kappa shape index (κ1) is 20.5. The maximum Gasteiger partial charge on any atom is 0.321 e. The van der Waals surface area contributed by atoms with Crippen LogP contribution in [-0.4, -0.2) is 46.2 Å². The molecule has 6 nitrogen and oxygen atoms in total. The van der Waals surface area contributed by atoms with Gasteiger partial charge in [-0.25, -0.2) is 9.97 Å². The van der Waals surface area contributed by atoms with Gasteiger partial charge >= 0.3 is 6.01 Å². The number of ether oxygens (including phenoxy) is 2. The molecule has 0 N–H and O–H groups in total. The van der Waals surface area contributed by atoms with E-state index in [9.17, 15) is 0 Å². The van der Waals surface area contributed by atoms with E-state index in [4.69, 9.17) is 9.47 Å². The summed E-state index contributed by atoms with van der Waals surface area (Å²) in [6.07, 6.45) is 6.19. The van der Waals surface area contributed by atoms with Crippen molar-refractivity contribution in [2.45, 2.75) is 13.0 Å². The summed E-state index contributed by atoms with van der Waals surface area (Å²) in [4.78, 5) is 15.2. The third-order valence-corrected chi connectivity index (χ3v) is 5.67. The van der Waals surface area contributed by atoms with Gasteiger partial charge in [0.2, 0.25) is 0 Å². The average molecular weight is 427 g/mol. The van der Waals surface area contributed by atoms with Crippen LogP contribution in [-0.2, 0) is 17.7 Å². The van der Waals surface area contributed by atoms with Gasteiger partial charge in [0.1, 0.15) is 5.75 Å². The molecule has 0 aliphatic carbocycles. The molecule has 5 rings (SSSR count). The lowest BCUT2D eigenvalue weighted by Gasteiger charge is -2.23. The van der Waals surface area contributed by atoms with E-state index in [-0.39, 0.29) is 0 Å². The van der Waals surface area contributed by atoms with Crippen molar-refractivity contribution in [1.82, 2.24) is 19.9 Å². The Morgan fingerprint density at radius 1 is 0.906 bits per heavy atom. The topological polar surface area (TPSA) is 60.4 Å². The van der Waals surface area contributed by atoms with E-state index in [1.54, 1.807) is 18.5 Å². The molecule has 2 aromatic heterocycles. The van der Waals surface area contributed by atoms with Gasteiger partial charge in [0, 0.05) is 43.6 Å². The lowest BCUT2D eigenvalue weighted by Crippen LogP contribution is -2.30. The molecule has 0 spiro atoms. The highest BCUT2D eigenvalue weighted by atomic mass is 16.5. The number of hydrogen-bond acceptors (Lipinski definition) is 6. The normalized spacial score (nSPS) is 17.2. The minimum absolute atomic E-state index is 0.360. The van der Waals surface area contributed by atoms with Crippen molar-refractivity contribution in [1.29, 1.82) is 0 Å². The van der Waals surface area contributed by atoms with Crippen LogP contribution in [0.1, 0.15) is 11.1 Å². The van der Waals surface area contributed by atoms with Crippen LogP contribution >= 0.6 is 0 Å². The summed E-state index contributed by atoms with van der Waals surface area (Å²) >= 11 is 0. The van der Waals surface area contributed by atoms with E-state index in [0.29, 0.717) is 11.9 Å². The largest absolute Gasteiger partial charge is 0.424 e. The number of rotatable bonds is 6. The second kappa shape index (κ2) is 9.85. The Labute approximate surface area is 187 Å². The first-order valence-corrected chi connectivity index (χ1v) is 11.0. The van der Waals surface area contributed by atoms with Gasteiger partial charge in [-0.05, 0) is 59.9 Å². The van der Waals surface area contributed by atoms with Crippen LogP contribution in [0.5, 0.6) is 11.8 Å². The Kier molecular flexibility index (Phi) is 6.32. The fourth-order valence-corrected chi connectivity index (χ4v) is 4.21. The maximum absolute atomic E-state index is 5.94. The summed E-state index contributed by atoms with van der Waals surface area (Å²) in [6.45, 7) is 4.32. The molecule has 0 amide bonds. The van der Waals surface area contributed by atoms with Crippen molar-refractivity contribution in [3.63, 3.8) is 0 Å². The molecule has 162 valence electrons. The molecule has 1 atom stereocenters. The van der Waals surface area contributed by atoms with Crippen molar-refractivity contribution in [2.24, 2.45) is 5.92 Å². The predicted molar refractivity (Wildman–Crippen MR) is 124 cm³/mol. The number of pyridine rings is 1. The standard InChI is InChI=1S/C26H26N4O2/c1-4-21(16-24(6-1)32-26-28-10-3-11-29-26)17-30-12-13-31-19-22(18-30)14-20-7-8-25-23(15-20)5-2-9-27-25/h1-11,15-16,22H,12-14,17-19H2. The van der Waals surface area contributed by atoms with Crippen molar-refractivity contribution in [2.75, 3.05) is 26.3 Å². The van der Waals surface area contributed by atoms with Gasteiger partial charge in [-0.15, -0.1) is 0 Å². The summed E-state index contributed by atoms with van der Waals surface area (Å²) in [5.41, 5.74) is 3.58. The van der Waals surface area contributed by atoms with Gasteiger partial charge in [-0.2, -0.15) is 0 Å². The summed E-state index contributed by atoms with van der Waals surface area (Å²) in [5, 5.41) is 1.19. The first-order valence-electron chi connectivity index (χ1n) is 11.0. The van der Waals surface area contributed by atoms with Crippen LogP contribution in [0.3, 0.4) is 0 Å². The van der Waals surface area contributed by atoms with Crippen molar-refractivity contribution in [3.05, 3.63) is 90.4 Å². The zero-order valence-corrected chi connectivity index (χ0v) is 17.9. The molecule has 0 radical (unpaired) electrons. The Morgan fingerprint density at radius 3 is 2.75 bits per heavy atom. The number of aromatic nitrogens is 3. The molecule has 1 aliphatic heterocycles. The Balaban J connectivity index is 1.24. The monoisotopic (exact) mass is 426 g/mol. The first-order chi connectivity index (χ1) is 15.8. The van der Waals surface area contributed by atoms with Crippen LogP contribution in [0.4, 0.5) is 0 Å². The quantitative estimate of drug-likeness (QED) is 0.452. The number of fused-ring (bicyclic) bond motifs is 1. The summed E-state index contributed by atoms with van der Waals surface area (Å²) < 4.78 is 11.7. The smallest absolute Gasteiger partial charge is 0.321 e. The molecule has 6 heteroatoms. The minimum Gasteiger partial charge on any atom is -0.424 e. The number of hydrogen-bond donors (Lipinski definition) is 0. The second-order valence-electron chi connectivity index (χ2n) is 8.19. The minimum atomic E-state index is 0.360. The van der Waals surface area contributed by atoms with E-state index in [2.05, 4.69) is 56.3 Å². The predicted octanol–water partition coefficient (Wildman–Crippen LogP) is 4.51. The van der Waals surface area contributed by atoms with Crippen LogP contribution in [0, 0.1) is 5.92 Å². The van der Waals surface area contributed by atoms with Crippen LogP contribution in [0.15, 0.2) is 79.3 Å². The molecular formula is C26H26N4O2. The summed E-state index contributed by atoms with van der Waals surface area (Å²) in [5.74, 6) is 1.20. The van der Waals surface area contributed by atoms with Crippen molar-refractivity contribution in [3.8, 4) is 11.8 Å². The van der Waals surface area contributed by atoms with Gasteiger partial charge in [-0.3, -0.25) is 9.88 Å². The molecule has 3 heterocycles. The Morgan fingerprint density at radius 2 is 1.81 bits per heavy atom. The van der Waals surface area contributed by atoms with Gasteiger partial charge in [0.05, 0.1) is 18.7 Å². The van der Waals surface area contributed by atoms with E-state index >= 15 is 0 Å². The number of benzene rings is 2. The fourth-order valence-electron chi connectivity index (χ4n) is 4.21. The van der Waals surface area contributed by atoms with E-state index < -0.39 is 0 Å². The van der Waals surface area contributed by atoms with Crippen LogP contribution in [0.2, 0.25) is 0 Å². The highest BCUT2D eigenvalue weighted by Gasteiger charge is 2.19. The molecule has 32 heavy (non-hydrogen) atoms. The molecule has 1 aliphatic rings. The third kappa shape index (κ3) is 5.28. The van der Waals surface area contributed by atoms with Crippen LogP contribution in [0.25, 0.3) is 10.9 Å². The molecule has 1 fully saturated rings. The Hall–Kier alpha value is -3.35. The molecule has 0 bridgehead atoms. The van der Waals surface area contributed by atoms with Crippen molar-refractivity contribution < 1.29 is 9.47 Å². The highest BCUT2D eigenvalue weighted by molar-refractivity contribution is 5.78. The zero-order valence-electron chi connectivity index (χ0n) is 17.9. The highest BCUT2D eigenvalue weighted by Crippen LogP contribution is 2.22. The van der Waals surface area contributed by atoms with Gasteiger partial charge in [-0.1, -0.05) is 24.3 Å². The van der Waals surface area contributed by atoms with Gasteiger partial charge in [0.15, 0.2) is 0 Å². The average Bonchev–Trinajstić information content (AvgIpc) is 3.04. The van der Waals surface area contributed by atoms with Crippen molar-refractivity contribution >= 4 is 10.9 Å². The van der Waals surface area contributed by atoms with E-state index in [1.165, 1.54) is 16.5 Å². The van der Waals surface area contributed by atoms with Crippen LogP contribution < -0.4 is 4.74 Å². The molecule has 1 saturated heterocycles. The SMILES string of the molecule is c1cnc(Oc2cccc(CN3CCOCC(Cc4ccc5ncccc5c4)C3)c2)nc1. The zero-order chi connectivity index (χ0) is 21.6. The second-order valence-corrected chi connectivity index (χ2v) is 8.19.